The van der Waals surface area contributed by atoms with Crippen LogP contribution in [0.25, 0.3) is 5.69 Å². The first-order chi connectivity index (χ1) is 10.6. The highest BCUT2D eigenvalue weighted by atomic mass is 16.3. The number of nitrogens with one attached hydrogen (secondary N) is 1. The molecule has 22 heavy (non-hydrogen) atoms. The number of benzene rings is 1. The van der Waals surface area contributed by atoms with Gasteiger partial charge in [-0.3, -0.25) is 4.79 Å². The molecule has 1 amide bonds. The SMILES string of the molecule is CCC(C)C(CO)NC(=O)c1ccc(-n2nnnc2C)cc1. The van der Waals surface area contributed by atoms with E-state index in [1.54, 1.807) is 35.9 Å². The van der Waals surface area contributed by atoms with E-state index >= 15 is 0 Å². The van der Waals surface area contributed by atoms with Gasteiger partial charge in [-0.2, -0.15) is 4.68 Å². The van der Waals surface area contributed by atoms with Gasteiger partial charge in [-0.15, -0.1) is 5.10 Å². The van der Waals surface area contributed by atoms with Crippen molar-refractivity contribution in [2.45, 2.75) is 33.2 Å². The number of tetrazole rings is 1. The third-order valence-corrected chi connectivity index (χ3v) is 3.84. The molecular weight excluding hydrogens is 282 g/mol. The number of hydrogen-bond acceptors (Lipinski definition) is 5. The lowest BCUT2D eigenvalue weighted by atomic mass is 9.99. The minimum absolute atomic E-state index is 0.0668. The monoisotopic (exact) mass is 303 g/mol. The van der Waals surface area contributed by atoms with Crippen LogP contribution in [-0.4, -0.2) is 43.9 Å². The van der Waals surface area contributed by atoms with Gasteiger partial charge in [0.2, 0.25) is 0 Å². The Balaban J connectivity index is 2.10. The smallest absolute Gasteiger partial charge is 0.251 e. The number of aliphatic hydroxyl groups is 1. The molecule has 2 rings (SSSR count). The Morgan fingerprint density at radius 1 is 1.36 bits per heavy atom. The van der Waals surface area contributed by atoms with Gasteiger partial charge in [0.25, 0.3) is 5.91 Å². The number of nitrogens with zero attached hydrogens (tertiary/aromatic N) is 4. The van der Waals surface area contributed by atoms with Crippen molar-refractivity contribution in [3.05, 3.63) is 35.7 Å². The lowest BCUT2D eigenvalue weighted by Gasteiger charge is -2.22. The van der Waals surface area contributed by atoms with Crippen molar-refractivity contribution < 1.29 is 9.90 Å². The normalized spacial score (nSPS) is 13.6. The number of aromatic nitrogens is 4. The molecule has 2 atom stereocenters. The number of carbonyl (C=O) groups is 1. The molecule has 0 bridgehead atoms. The molecule has 0 aliphatic rings. The molecule has 0 radical (unpaired) electrons. The number of carbonyl (C=O) groups excluding carboxylic acids is 1. The average Bonchev–Trinajstić information content (AvgIpc) is 2.97. The van der Waals surface area contributed by atoms with E-state index in [0.29, 0.717) is 11.4 Å². The first-order valence-corrected chi connectivity index (χ1v) is 7.34. The van der Waals surface area contributed by atoms with Gasteiger partial charge in [0, 0.05) is 5.56 Å². The second-order valence-electron chi connectivity index (χ2n) is 5.33. The fourth-order valence-corrected chi connectivity index (χ4v) is 2.13. The number of aliphatic hydroxyl groups excluding tert-OH is 1. The fraction of sp³-hybridized carbons (Fsp3) is 0.467. The predicted octanol–water partition coefficient (Wildman–Crippen LogP) is 1.11. The summed E-state index contributed by atoms with van der Waals surface area (Å²) in [6, 6.07) is 6.78. The second kappa shape index (κ2) is 7.13. The predicted molar refractivity (Wildman–Crippen MR) is 81.7 cm³/mol. The zero-order valence-electron chi connectivity index (χ0n) is 13.0. The number of aryl methyl sites for hydroxylation is 1. The molecule has 2 N–H and O–H groups in total. The molecule has 2 aromatic rings. The van der Waals surface area contributed by atoms with E-state index < -0.39 is 0 Å². The van der Waals surface area contributed by atoms with Gasteiger partial charge in [0.15, 0.2) is 5.82 Å². The van der Waals surface area contributed by atoms with Crippen LogP contribution in [0.4, 0.5) is 0 Å². The molecule has 0 fully saturated rings. The van der Waals surface area contributed by atoms with E-state index in [4.69, 9.17) is 0 Å². The van der Waals surface area contributed by atoms with E-state index in [2.05, 4.69) is 20.8 Å². The van der Waals surface area contributed by atoms with Gasteiger partial charge in [0.05, 0.1) is 18.3 Å². The first kappa shape index (κ1) is 16.1. The lowest BCUT2D eigenvalue weighted by Crippen LogP contribution is -2.41. The summed E-state index contributed by atoms with van der Waals surface area (Å²) in [5.74, 6) is 0.700. The van der Waals surface area contributed by atoms with Crippen LogP contribution in [0, 0.1) is 12.8 Å². The van der Waals surface area contributed by atoms with Crippen molar-refractivity contribution in [1.29, 1.82) is 0 Å². The molecule has 0 spiro atoms. The highest BCUT2D eigenvalue weighted by molar-refractivity contribution is 5.94. The quantitative estimate of drug-likeness (QED) is 0.834. The molecule has 0 saturated heterocycles. The maximum atomic E-state index is 12.2. The summed E-state index contributed by atoms with van der Waals surface area (Å²) in [5, 5.41) is 23.5. The fourth-order valence-electron chi connectivity index (χ4n) is 2.13. The van der Waals surface area contributed by atoms with Crippen molar-refractivity contribution in [3.63, 3.8) is 0 Å². The summed E-state index contributed by atoms with van der Waals surface area (Å²) >= 11 is 0. The summed E-state index contributed by atoms with van der Waals surface area (Å²) < 4.78 is 1.59. The molecule has 0 aliphatic carbocycles. The summed E-state index contributed by atoms with van der Waals surface area (Å²) in [4.78, 5) is 12.2. The molecule has 7 heteroatoms. The van der Waals surface area contributed by atoms with E-state index in [1.165, 1.54) is 0 Å². The van der Waals surface area contributed by atoms with Crippen molar-refractivity contribution in [2.24, 2.45) is 5.92 Å². The Kier molecular flexibility index (Phi) is 5.21. The maximum Gasteiger partial charge on any atom is 0.251 e. The number of amides is 1. The highest BCUT2D eigenvalue weighted by Gasteiger charge is 2.18. The van der Waals surface area contributed by atoms with Crippen LogP contribution in [0.1, 0.15) is 36.5 Å². The van der Waals surface area contributed by atoms with E-state index in [-0.39, 0.29) is 24.5 Å². The first-order valence-electron chi connectivity index (χ1n) is 7.34. The topological polar surface area (TPSA) is 92.9 Å². The second-order valence-corrected chi connectivity index (χ2v) is 5.33. The molecule has 118 valence electrons. The standard InChI is InChI=1S/C15H21N5O2/c1-4-10(2)14(9-21)16-15(22)12-5-7-13(8-6-12)20-11(3)17-18-19-20/h5-8,10,14,21H,4,9H2,1-3H3,(H,16,22). The van der Waals surface area contributed by atoms with E-state index in [1.807, 2.05) is 13.8 Å². The van der Waals surface area contributed by atoms with Crippen LogP contribution in [0.3, 0.4) is 0 Å². The molecule has 2 unspecified atom stereocenters. The Hall–Kier alpha value is -2.28. The van der Waals surface area contributed by atoms with Crippen LogP contribution in [0.2, 0.25) is 0 Å². The molecule has 7 nitrogen and oxygen atoms in total. The minimum atomic E-state index is -0.237. The Morgan fingerprint density at radius 2 is 2.05 bits per heavy atom. The van der Waals surface area contributed by atoms with Crippen molar-refractivity contribution in [2.75, 3.05) is 6.61 Å². The third kappa shape index (κ3) is 3.48. The molecule has 1 aromatic heterocycles. The molecule has 0 saturated carbocycles. The molecular formula is C15H21N5O2. The van der Waals surface area contributed by atoms with Gasteiger partial charge in [0.1, 0.15) is 0 Å². The molecule has 1 aromatic carbocycles. The van der Waals surface area contributed by atoms with Crippen LogP contribution >= 0.6 is 0 Å². The third-order valence-electron chi connectivity index (χ3n) is 3.84. The lowest BCUT2D eigenvalue weighted by molar-refractivity contribution is 0.0891. The molecule has 1 heterocycles. The molecule has 0 aliphatic heterocycles. The van der Waals surface area contributed by atoms with Crippen molar-refractivity contribution in [1.82, 2.24) is 25.5 Å². The highest BCUT2D eigenvalue weighted by Crippen LogP contribution is 2.11. The van der Waals surface area contributed by atoms with Crippen LogP contribution in [0.5, 0.6) is 0 Å². The average molecular weight is 303 g/mol. The Morgan fingerprint density at radius 3 is 2.55 bits per heavy atom. The van der Waals surface area contributed by atoms with Crippen LogP contribution < -0.4 is 5.32 Å². The number of rotatable bonds is 6. The van der Waals surface area contributed by atoms with Gasteiger partial charge in [-0.1, -0.05) is 20.3 Å². The minimum Gasteiger partial charge on any atom is -0.394 e. The van der Waals surface area contributed by atoms with E-state index in [0.717, 1.165) is 12.1 Å². The summed E-state index contributed by atoms with van der Waals surface area (Å²) in [6.45, 7) is 5.77. The van der Waals surface area contributed by atoms with E-state index in [9.17, 15) is 9.90 Å². The van der Waals surface area contributed by atoms with Gasteiger partial charge in [-0.05, 0) is 47.5 Å². The summed E-state index contributed by atoms with van der Waals surface area (Å²) in [7, 11) is 0. The maximum absolute atomic E-state index is 12.2. The van der Waals surface area contributed by atoms with Gasteiger partial charge >= 0.3 is 0 Å². The van der Waals surface area contributed by atoms with Crippen LogP contribution in [-0.2, 0) is 0 Å². The zero-order valence-corrected chi connectivity index (χ0v) is 13.0. The Bertz CT molecular complexity index is 623. The van der Waals surface area contributed by atoms with Gasteiger partial charge < -0.3 is 10.4 Å². The largest absolute Gasteiger partial charge is 0.394 e. The summed E-state index contributed by atoms with van der Waals surface area (Å²) in [5.41, 5.74) is 1.33. The number of hydrogen-bond donors (Lipinski definition) is 2. The van der Waals surface area contributed by atoms with Crippen molar-refractivity contribution in [3.8, 4) is 5.69 Å². The Labute approximate surface area is 129 Å². The zero-order chi connectivity index (χ0) is 16.1. The summed E-state index contributed by atoms with van der Waals surface area (Å²) in [6.07, 6.45) is 0.892. The van der Waals surface area contributed by atoms with Crippen molar-refractivity contribution >= 4 is 5.91 Å². The van der Waals surface area contributed by atoms with Crippen LogP contribution in [0.15, 0.2) is 24.3 Å². The van der Waals surface area contributed by atoms with Gasteiger partial charge in [-0.25, -0.2) is 0 Å².